The van der Waals surface area contributed by atoms with Gasteiger partial charge in [0, 0.05) is 25.2 Å². The zero-order chi connectivity index (χ0) is 20.2. The van der Waals surface area contributed by atoms with Gasteiger partial charge in [0.1, 0.15) is 0 Å². The lowest BCUT2D eigenvalue weighted by atomic mass is 9.99. The fourth-order valence-electron chi connectivity index (χ4n) is 3.02. The van der Waals surface area contributed by atoms with Gasteiger partial charge < -0.3 is 15.3 Å². The highest BCUT2D eigenvalue weighted by atomic mass is 32.2. The molecule has 0 radical (unpaired) electrons. The van der Waals surface area contributed by atoms with Gasteiger partial charge in [0.25, 0.3) is 0 Å². The fraction of sp³-hybridized carbons (Fsp3) is 0.556. The number of sulfonamides is 1. The van der Waals surface area contributed by atoms with E-state index >= 15 is 0 Å². The molecule has 0 spiro atoms. The number of carboxylic acid groups (broad SMARTS) is 1. The lowest BCUT2D eigenvalue weighted by Crippen LogP contribution is -2.47. The van der Waals surface area contributed by atoms with Crippen LogP contribution in [0.5, 0.6) is 0 Å². The average molecular weight is 397 g/mol. The number of piperidine rings is 1. The van der Waals surface area contributed by atoms with E-state index in [2.05, 4.69) is 10.0 Å². The monoisotopic (exact) mass is 397 g/mol. The number of aliphatic carboxylic acids is 1. The number of benzene rings is 1. The molecule has 2 amide bonds. The SMILES string of the molecule is CC(C)(C)NS(=O)(=O)c1ccccc1CNC(=O)N1CCCC(C(=O)O)C1. The molecule has 3 N–H and O–H groups in total. The lowest BCUT2D eigenvalue weighted by Gasteiger charge is -2.30. The highest BCUT2D eigenvalue weighted by Crippen LogP contribution is 2.19. The van der Waals surface area contributed by atoms with Crippen molar-refractivity contribution in [3.05, 3.63) is 29.8 Å². The Morgan fingerprint density at radius 3 is 2.56 bits per heavy atom. The Morgan fingerprint density at radius 2 is 1.93 bits per heavy atom. The first kappa shape index (κ1) is 21.2. The minimum Gasteiger partial charge on any atom is -0.481 e. The molecule has 27 heavy (non-hydrogen) atoms. The van der Waals surface area contributed by atoms with Crippen LogP contribution in [0.3, 0.4) is 0 Å². The van der Waals surface area contributed by atoms with Crippen LogP contribution in [-0.4, -0.2) is 49.1 Å². The molecular weight excluding hydrogens is 370 g/mol. The zero-order valence-corrected chi connectivity index (χ0v) is 16.7. The van der Waals surface area contributed by atoms with Crippen molar-refractivity contribution in [3.63, 3.8) is 0 Å². The van der Waals surface area contributed by atoms with Crippen LogP contribution < -0.4 is 10.0 Å². The Balaban J connectivity index is 2.08. The highest BCUT2D eigenvalue weighted by Gasteiger charge is 2.28. The average Bonchev–Trinajstić information content (AvgIpc) is 2.58. The number of nitrogens with zero attached hydrogens (tertiary/aromatic N) is 1. The number of likely N-dealkylation sites (tertiary alicyclic amines) is 1. The van der Waals surface area contributed by atoms with Crippen molar-refractivity contribution >= 4 is 22.0 Å². The van der Waals surface area contributed by atoms with Gasteiger partial charge in [-0.1, -0.05) is 18.2 Å². The Bertz CT molecular complexity index is 801. The van der Waals surface area contributed by atoms with Crippen molar-refractivity contribution in [3.8, 4) is 0 Å². The molecule has 9 heteroatoms. The smallest absolute Gasteiger partial charge is 0.317 e. The van der Waals surface area contributed by atoms with Crippen LogP contribution in [-0.2, 0) is 21.4 Å². The number of carbonyl (C=O) groups excluding carboxylic acids is 1. The maximum atomic E-state index is 12.6. The fourth-order valence-corrected chi connectivity index (χ4v) is 4.68. The summed E-state index contributed by atoms with van der Waals surface area (Å²) < 4.78 is 27.9. The Hall–Kier alpha value is -2.13. The second-order valence-electron chi connectivity index (χ2n) is 7.75. The summed E-state index contributed by atoms with van der Waals surface area (Å²) in [6, 6.07) is 6.09. The molecule has 2 rings (SSSR count). The summed E-state index contributed by atoms with van der Waals surface area (Å²) in [4.78, 5) is 25.1. The number of rotatable bonds is 5. The molecule has 1 heterocycles. The van der Waals surface area contributed by atoms with Gasteiger partial charge in [0.15, 0.2) is 0 Å². The molecule has 1 aliphatic rings. The van der Waals surface area contributed by atoms with Crippen molar-refractivity contribution < 1.29 is 23.1 Å². The molecule has 0 aliphatic carbocycles. The topological polar surface area (TPSA) is 116 Å². The number of carbonyl (C=O) groups is 2. The van der Waals surface area contributed by atoms with Crippen LogP contribution in [0.25, 0.3) is 0 Å². The maximum Gasteiger partial charge on any atom is 0.317 e. The Morgan fingerprint density at radius 1 is 1.26 bits per heavy atom. The number of nitrogens with one attached hydrogen (secondary N) is 2. The molecule has 1 aromatic rings. The predicted molar refractivity (Wildman–Crippen MR) is 101 cm³/mol. The van der Waals surface area contributed by atoms with Gasteiger partial charge in [-0.2, -0.15) is 0 Å². The molecule has 1 atom stereocenters. The first-order valence-electron chi connectivity index (χ1n) is 8.87. The minimum atomic E-state index is -3.73. The summed E-state index contributed by atoms with van der Waals surface area (Å²) in [5.41, 5.74) is -0.163. The quantitative estimate of drug-likeness (QED) is 0.700. The summed E-state index contributed by atoms with van der Waals surface area (Å²) in [6.45, 7) is 5.95. The standard InChI is InChI=1S/C18H27N3O5S/c1-18(2,3)20-27(25,26)15-9-5-4-7-13(15)11-19-17(24)21-10-6-8-14(12-21)16(22)23/h4-5,7,9,14,20H,6,8,10-12H2,1-3H3,(H,19,24)(H,22,23). The maximum absolute atomic E-state index is 12.6. The van der Waals surface area contributed by atoms with E-state index in [4.69, 9.17) is 5.11 Å². The van der Waals surface area contributed by atoms with Gasteiger partial charge in [0.2, 0.25) is 10.0 Å². The normalized spacial score (nSPS) is 18.2. The molecular formula is C18H27N3O5S. The molecule has 0 bridgehead atoms. The number of urea groups is 1. The van der Waals surface area contributed by atoms with Gasteiger partial charge in [-0.05, 0) is 45.2 Å². The summed E-state index contributed by atoms with van der Waals surface area (Å²) in [5, 5.41) is 11.8. The third-order valence-corrected chi connectivity index (χ3v) is 6.05. The van der Waals surface area contributed by atoms with E-state index < -0.39 is 33.5 Å². The highest BCUT2D eigenvalue weighted by molar-refractivity contribution is 7.89. The van der Waals surface area contributed by atoms with Crippen LogP contribution in [0.15, 0.2) is 29.2 Å². The number of amides is 2. The van der Waals surface area contributed by atoms with Gasteiger partial charge in [-0.15, -0.1) is 0 Å². The molecule has 1 aromatic carbocycles. The second-order valence-corrected chi connectivity index (χ2v) is 9.40. The first-order valence-corrected chi connectivity index (χ1v) is 10.4. The van der Waals surface area contributed by atoms with Crippen LogP contribution in [0.1, 0.15) is 39.2 Å². The van der Waals surface area contributed by atoms with Crippen molar-refractivity contribution in [2.45, 2.75) is 50.6 Å². The Labute approximate surface area is 160 Å². The van der Waals surface area contributed by atoms with E-state index in [1.54, 1.807) is 39.0 Å². The minimum absolute atomic E-state index is 0.0360. The summed E-state index contributed by atoms with van der Waals surface area (Å²) in [6.07, 6.45) is 1.18. The number of carboxylic acids is 1. The van der Waals surface area contributed by atoms with Crippen LogP contribution in [0.4, 0.5) is 4.79 Å². The van der Waals surface area contributed by atoms with Crippen molar-refractivity contribution in [2.24, 2.45) is 5.92 Å². The molecule has 8 nitrogen and oxygen atoms in total. The van der Waals surface area contributed by atoms with Crippen LogP contribution in [0, 0.1) is 5.92 Å². The van der Waals surface area contributed by atoms with Crippen molar-refractivity contribution in [2.75, 3.05) is 13.1 Å². The molecule has 1 saturated heterocycles. The summed E-state index contributed by atoms with van der Waals surface area (Å²) >= 11 is 0. The molecule has 1 unspecified atom stereocenters. The van der Waals surface area contributed by atoms with E-state index in [9.17, 15) is 18.0 Å². The van der Waals surface area contributed by atoms with E-state index in [0.717, 1.165) is 0 Å². The molecule has 0 aromatic heterocycles. The third kappa shape index (κ3) is 5.93. The third-order valence-electron chi connectivity index (χ3n) is 4.19. The lowest BCUT2D eigenvalue weighted by molar-refractivity contribution is -0.143. The number of hydrogen-bond acceptors (Lipinski definition) is 4. The molecule has 150 valence electrons. The van der Waals surface area contributed by atoms with Crippen molar-refractivity contribution in [1.82, 2.24) is 14.9 Å². The molecule has 0 saturated carbocycles. The van der Waals surface area contributed by atoms with Gasteiger partial charge in [0.05, 0.1) is 10.8 Å². The van der Waals surface area contributed by atoms with E-state index in [0.29, 0.717) is 24.9 Å². The largest absolute Gasteiger partial charge is 0.481 e. The van der Waals surface area contributed by atoms with Crippen LogP contribution in [0.2, 0.25) is 0 Å². The zero-order valence-electron chi connectivity index (χ0n) is 15.9. The summed E-state index contributed by atoms with van der Waals surface area (Å²) in [7, 11) is -3.73. The van der Waals surface area contributed by atoms with E-state index in [-0.39, 0.29) is 18.0 Å². The second kappa shape index (κ2) is 8.26. The number of hydrogen-bond donors (Lipinski definition) is 3. The van der Waals surface area contributed by atoms with Crippen LogP contribution >= 0.6 is 0 Å². The van der Waals surface area contributed by atoms with Gasteiger partial charge in [-0.25, -0.2) is 17.9 Å². The molecule has 1 aliphatic heterocycles. The Kier molecular flexibility index (Phi) is 6.48. The van der Waals surface area contributed by atoms with E-state index in [1.165, 1.54) is 11.0 Å². The molecule has 1 fully saturated rings. The predicted octanol–water partition coefficient (Wildman–Crippen LogP) is 1.77. The van der Waals surface area contributed by atoms with Gasteiger partial charge in [-0.3, -0.25) is 4.79 Å². The van der Waals surface area contributed by atoms with Crippen molar-refractivity contribution in [1.29, 1.82) is 0 Å². The summed E-state index contributed by atoms with van der Waals surface area (Å²) in [5.74, 6) is -1.47. The van der Waals surface area contributed by atoms with E-state index in [1.807, 2.05) is 0 Å². The first-order chi connectivity index (χ1) is 12.5. The van der Waals surface area contributed by atoms with Gasteiger partial charge >= 0.3 is 12.0 Å².